The van der Waals surface area contributed by atoms with Gasteiger partial charge in [-0.05, 0) is 38.2 Å². The van der Waals surface area contributed by atoms with E-state index in [1.54, 1.807) is 27.0 Å². The highest BCUT2D eigenvalue weighted by Crippen LogP contribution is 2.29. The summed E-state index contributed by atoms with van der Waals surface area (Å²) in [6.45, 7) is 10.3. The van der Waals surface area contributed by atoms with Crippen LogP contribution in [0.3, 0.4) is 0 Å². The number of nitrogens with zero attached hydrogens (tertiary/aromatic N) is 5. The molecule has 3 aromatic rings. The maximum atomic E-state index is 13.1. The number of hydrogen-bond donors (Lipinski definition) is 0. The van der Waals surface area contributed by atoms with Gasteiger partial charge >= 0.3 is 0 Å². The second-order valence-corrected chi connectivity index (χ2v) is 7.01. The normalized spacial score (nSPS) is 11.4. The summed E-state index contributed by atoms with van der Waals surface area (Å²) >= 11 is 1.55. The standard InChI is InChI=1S/C19H25N5OS/c1-4-22(5-2)13-14-24(18(25)16-11-12-23(6-3)21-16)19-20-15-9-7-8-10-17(15)26-19/h7-12H,4-6,13-14H2,1-3H3. The number of amides is 1. The van der Waals surface area contributed by atoms with E-state index in [-0.39, 0.29) is 5.91 Å². The Kier molecular flexibility index (Phi) is 6.00. The van der Waals surface area contributed by atoms with Crippen molar-refractivity contribution in [3.8, 4) is 0 Å². The molecule has 0 unspecified atom stereocenters. The van der Waals surface area contributed by atoms with Gasteiger partial charge in [0.05, 0.1) is 10.2 Å². The van der Waals surface area contributed by atoms with Crippen molar-refractivity contribution in [2.75, 3.05) is 31.1 Å². The molecule has 0 radical (unpaired) electrons. The van der Waals surface area contributed by atoms with Crippen LogP contribution in [0.2, 0.25) is 0 Å². The fourth-order valence-electron chi connectivity index (χ4n) is 2.83. The molecule has 0 saturated carbocycles. The fourth-order valence-corrected chi connectivity index (χ4v) is 3.82. The Morgan fingerprint density at radius 1 is 1.12 bits per heavy atom. The molecular formula is C19H25N5OS. The van der Waals surface area contributed by atoms with Gasteiger partial charge in [-0.2, -0.15) is 5.10 Å². The van der Waals surface area contributed by atoms with Crippen LogP contribution < -0.4 is 4.90 Å². The predicted molar refractivity (Wildman–Crippen MR) is 107 cm³/mol. The second kappa shape index (κ2) is 8.42. The lowest BCUT2D eigenvalue weighted by Gasteiger charge is -2.24. The number of thiazole rings is 1. The molecule has 0 aliphatic carbocycles. The summed E-state index contributed by atoms with van der Waals surface area (Å²) in [5.74, 6) is -0.0941. The van der Waals surface area contributed by atoms with Crippen LogP contribution in [-0.4, -0.2) is 51.8 Å². The van der Waals surface area contributed by atoms with Gasteiger partial charge in [-0.15, -0.1) is 0 Å². The molecular weight excluding hydrogens is 346 g/mol. The van der Waals surface area contributed by atoms with E-state index in [9.17, 15) is 4.79 Å². The smallest absolute Gasteiger partial charge is 0.280 e. The van der Waals surface area contributed by atoms with Gasteiger partial charge in [0.15, 0.2) is 10.8 Å². The number of aromatic nitrogens is 3. The number of rotatable bonds is 8. The molecule has 2 heterocycles. The molecule has 0 bridgehead atoms. The van der Waals surface area contributed by atoms with E-state index < -0.39 is 0 Å². The summed E-state index contributed by atoms with van der Waals surface area (Å²) in [7, 11) is 0. The highest BCUT2D eigenvalue weighted by molar-refractivity contribution is 7.22. The van der Waals surface area contributed by atoms with Gasteiger partial charge in [-0.1, -0.05) is 37.3 Å². The van der Waals surface area contributed by atoms with Crippen LogP contribution >= 0.6 is 11.3 Å². The highest BCUT2D eigenvalue weighted by atomic mass is 32.1. The van der Waals surface area contributed by atoms with Crippen molar-refractivity contribution >= 4 is 32.6 Å². The quantitative estimate of drug-likeness (QED) is 0.608. The van der Waals surface area contributed by atoms with Gasteiger partial charge in [-0.25, -0.2) is 4.98 Å². The molecule has 2 aromatic heterocycles. The lowest BCUT2D eigenvalue weighted by atomic mass is 10.3. The van der Waals surface area contributed by atoms with E-state index >= 15 is 0 Å². The van der Waals surface area contributed by atoms with Crippen LogP contribution in [0.4, 0.5) is 5.13 Å². The molecule has 138 valence electrons. The van der Waals surface area contributed by atoms with E-state index in [2.05, 4.69) is 28.8 Å². The molecule has 0 spiro atoms. The lowest BCUT2D eigenvalue weighted by Crippen LogP contribution is -2.39. The Bertz CT molecular complexity index is 835. The Balaban J connectivity index is 1.91. The van der Waals surface area contributed by atoms with Gasteiger partial charge in [0.25, 0.3) is 5.91 Å². The summed E-state index contributed by atoms with van der Waals surface area (Å²) in [6, 6.07) is 9.76. The molecule has 0 aliphatic heterocycles. The SMILES string of the molecule is CCN(CC)CCN(C(=O)c1ccn(CC)n1)c1nc2ccccc2s1. The average Bonchev–Trinajstić information content (AvgIpc) is 3.31. The second-order valence-electron chi connectivity index (χ2n) is 6.00. The molecule has 3 rings (SSSR count). The number of benzene rings is 1. The Morgan fingerprint density at radius 2 is 1.88 bits per heavy atom. The number of carbonyl (C=O) groups excluding carboxylic acids is 1. The predicted octanol–water partition coefficient (Wildman–Crippen LogP) is 3.50. The maximum absolute atomic E-state index is 13.1. The Labute approximate surface area is 158 Å². The van der Waals surface area contributed by atoms with Gasteiger partial charge in [0, 0.05) is 25.8 Å². The topological polar surface area (TPSA) is 54.3 Å². The fraction of sp³-hybridized carbons (Fsp3) is 0.421. The molecule has 0 aliphatic rings. The summed E-state index contributed by atoms with van der Waals surface area (Å²) in [5.41, 5.74) is 1.39. The van der Waals surface area contributed by atoms with E-state index in [0.29, 0.717) is 12.2 Å². The van der Waals surface area contributed by atoms with Crippen molar-refractivity contribution in [3.63, 3.8) is 0 Å². The summed E-state index contributed by atoms with van der Waals surface area (Å²) in [6.07, 6.45) is 1.84. The summed E-state index contributed by atoms with van der Waals surface area (Å²) < 4.78 is 2.86. The van der Waals surface area contributed by atoms with Crippen molar-refractivity contribution in [1.82, 2.24) is 19.7 Å². The van der Waals surface area contributed by atoms with Crippen LogP contribution in [0, 0.1) is 0 Å². The molecule has 1 aromatic carbocycles. The third-order valence-corrected chi connectivity index (χ3v) is 5.54. The van der Waals surface area contributed by atoms with Gasteiger partial charge < -0.3 is 4.90 Å². The zero-order chi connectivity index (χ0) is 18.5. The zero-order valence-electron chi connectivity index (χ0n) is 15.6. The van der Waals surface area contributed by atoms with Crippen molar-refractivity contribution < 1.29 is 4.79 Å². The number of fused-ring (bicyclic) bond motifs is 1. The highest BCUT2D eigenvalue weighted by Gasteiger charge is 2.23. The Morgan fingerprint density at radius 3 is 2.54 bits per heavy atom. The minimum Gasteiger partial charge on any atom is -0.302 e. The van der Waals surface area contributed by atoms with Crippen molar-refractivity contribution in [2.45, 2.75) is 27.3 Å². The minimum absolute atomic E-state index is 0.0941. The van der Waals surface area contributed by atoms with Crippen molar-refractivity contribution in [3.05, 3.63) is 42.2 Å². The van der Waals surface area contributed by atoms with E-state index in [1.807, 2.05) is 37.4 Å². The van der Waals surface area contributed by atoms with Crippen LogP contribution in [0.25, 0.3) is 10.2 Å². The molecule has 6 nitrogen and oxygen atoms in total. The van der Waals surface area contributed by atoms with Gasteiger partial charge in [-0.3, -0.25) is 14.4 Å². The first-order valence-corrected chi connectivity index (χ1v) is 9.91. The lowest BCUT2D eigenvalue weighted by molar-refractivity contribution is 0.0978. The number of aryl methyl sites for hydroxylation is 1. The minimum atomic E-state index is -0.0941. The number of anilines is 1. The number of para-hydroxylation sites is 1. The third-order valence-electron chi connectivity index (χ3n) is 4.48. The molecule has 26 heavy (non-hydrogen) atoms. The molecule has 0 atom stereocenters. The van der Waals surface area contributed by atoms with Gasteiger partial charge in [0.2, 0.25) is 0 Å². The Hall–Kier alpha value is -2.25. The largest absolute Gasteiger partial charge is 0.302 e. The molecule has 0 fully saturated rings. The third kappa shape index (κ3) is 3.94. The number of carbonyl (C=O) groups is 1. The first-order valence-electron chi connectivity index (χ1n) is 9.09. The monoisotopic (exact) mass is 371 g/mol. The van der Waals surface area contributed by atoms with Crippen LogP contribution in [-0.2, 0) is 6.54 Å². The summed E-state index contributed by atoms with van der Waals surface area (Å²) in [5, 5.41) is 5.12. The summed E-state index contributed by atoms with van der Waals surface area (Å²) in [4.78, 5) is 21.9. The van der Waals surface area contributed by atoms with Gasteiger partial charge in [0.1, 0.15) is 0 Å². The first kappa shape index (κ1) is 18.5. The maximum Gasteiger partial charge on any atom is 0.280 e. The number of likely N-dealkylation sites (N-methyl/N-ethyl adjacent to an activating group) is 1. The van der Waals surface area contributed by atoms with E-state index in [1.165, 1.54) is 0 Å². The molecule has 1 amide bonds. The van der Waals surface area contributed by atoms with Crippen LogP contribution in [0.5, 0.6) is 0 Å². The first-order chi connectivity index (χ1) is 12.7. The van der Waals surface area contributed by atoms with Crippen LogP contribution in [0.15, 0.2) is 36.5 Å². The number of hydrogen-bond acceptors (Lipinski definition) is 5. The molecule has 7 heteroatoms. The van der Waals surface area contributed by atoms with Crippen molar-refractivity contribution in [1.29, 1.82) is 0 Å². The molecule has 0 saturated heterocycles. The molecule has 0 N–H and O–H groups in total. The van der Waals surface area contributed by atoms with Crippen LogP contribution in [0.1, 0.15) is 31.3 Å². The zero-order valence-corrected chi connectivity index (χ0v) is 16.4. The van der Waals surface area contributed by atoms with Crippen molar-refractivity contribution in [2.24, 2.45) is 0 Å². The average molecular weight is 372 g/mol. The van der Waals surface area contributed by atoms with E-state index in [4.69, 9.17) is 0 Å². The van der Waals surface area contributed by atoms with E-state index in [0.717, 1.165) is 41.5 Å².